The van der Waals surface area contributed by atoms with Crippen LogP contribution in [-0.4, -0.2) is 23.5 Å². The van der Waals surface area contributed by atoms with Crippen LogP contribution in [0.25, 0.3) is 6.08 Å². The lowest BCUT2D eigenvalue weighted by Crippen LogP contribution is -2.15. The molecule has 0 bridgehead atoms. The van der Waals surface area contributed by atoms with Crippen LogP contribution in [0.15, 0.2) is 72.6 Å². The first-order valence-electron chi connectivity index (χ1n) is 10.0. The van der Waals surface area contributed by atoms with Gasteiger partial charge in [0.25, 0.3) is 0 Å². The maximum Gasteiger partial charge on any atom is 0.331 e. The normalized spacial score (nSPS) is 10.7. The van der Waals surface area contributed by atoms with Crippen LogP contribution in [0.3, 0.4) is 0 Å². The monoisotopic (exact) mass is 448 g/mol. The maximum absolute atomic E-state index is 12.3. The van der Waals surface area contributed by atoms with E-state index in [1.54, 1.807) is 17.5 Å². The summed E-state index contributed by atoms with van der Waals surface area (Å²) < 4.78 is 10.7. The number of amides is 1. The Morgan fingerprint density at radius 1 is 1.16 bits per heavy atom. The fourth-order valence-electron chi connectivity index (χ4n) is 2.73. The van der Waals surface area contributed by atoms with Crippen LogP contribution in [-0.2, 0) is 27.4 Å². The lowest BCUT2D eigenvalue weighted by atomic mass is 10.2. The highest BCUT2D eigenvalue weighted by atomic mass is 32.1. The zero-order valence-electron chi connectivity index (χ0n) is 17.7. The van der Waals surface area contributed by atoms with Crippen LogP contribution < -0.4 is 10.1 Å². The van der Waals surface area contributed by atoms with Gasteiger partial charge >= 0.3 is 5.97 Å². The van der Waals surface area contributed by atoms with Crippen molar-refractivity contribution in [3.63, 3.8) is 0 Å². The second-order valence-electron chi connectivity index (χ2n) is 6.88. The van der Waals surface area contributed by atoms with E-state index in [1.807, 2.05) is 55.5 Å². The Morgan fingerprint density at radius 2 is 1.94 bits per heavy atom. The lowest BCUT2D eigenvalue weighted by molar-refractivity contribution is -0.139. The summed E-state index contributed by atoms with van der Waals surface area (Å²) in [6, 6.07) is 14.9. The molecule has 3 rings (SSSR count). The van der Waals surface area contributed by atoms with Gasteiger partial charge in [0, 0.05) is 17.1 Å². The van der Waals surface area contributed by atoms with Gasteiger partial charge in [0.05, 0.1) is 12.1 Å². The predicted molar refractivity (Wildman–Crippen MR) is 127 cm³/mol. The number of aryl methyl sites for hydroxylation is 1. The molecule has 0 aliphatic rings. The Labute approximate surface area is 191 Å². The van der Waals surface area contributed by atoms with Crippen molar-refractivity contribution in [2.24, 2.45) is 0 Å². The summed E-state index contributed by atoms with van der Waals surface area (Å²) in [6.45, 7) is 6.03. The van der Waals surface area contributed by atoms with E-state index in [4.69, 9.17) is 9.47 Å². The molecular weight excluding hydrogens is 424 g/mol. The second kappa shape index (κ2) is 11.6. The molecule has 164 valence electrons. The van der Waals surface area contributed by atoms with Gasteiger partial charge in [-0.3, -0.25) is 4.79 Å². The summed E-state index contributed by atoms with van der Waals surface area (Å²) in [5.74, 6) is 0.126. The summed E-state index contributed by atoms with van der Waals surface area (Å²) in [6.07, 6.45) is 4.87. The average molecular weight is 449 g/mol. The number of thiazole rings is 1. The van der Waals surface area contributed by atoms with E-state index in [0.29, 0.717) is 17.3 Å². The molecule has 0 atom stereocenters. The van der Waals surface area contributed by atoms with E-state index in [0.717, 1.165) is 22.6 Å². The first kappa shape index (κ1) is 23.0. The molecule has 1 heterocycles. The Kier molecular flexibility index (Phi) is 8.34. The van der Waals surface area contributed by atoms with E-state index in [-0.39, 0.29) is 18.9 Å². The van der Waals surface area contributed by atoms with Crippen molar-refractivity contribution < 1.29 is 19.1 Å². The third kappa shape index (κ3) is 7.21. The number of hydrogen-bond donors (Lipinski definition) is 1. The molecule has 0 unspecified atom stereocenters. The topological polar surface area (TPSA) is 77.5 Å². The number of anilines is 1. The van der Waals surface area contributed by atoms with Crippen LogP contribution in [0.5, 0.6) is 5.75 Å². The number of aromatic nitrogens is 1. The van der Waals surface area contributed by atoms with E-state index in [2.05, 4.69) is 16.9 Å². The van der Waals surface area contributed by atoms with E-state index >= 15 is 0 Å². The number of ether oxygens (including phenoxy) is 2. The van der Waals surface area contributed by atoms with Crippen LogP contribution >= 0.6 is 11.3 Å². The van der Waals surface area contributed by atoms with Crippen LogP contribution in [0.4, 0.5) is 5.69 Å². The van der Waals surface area contributed by atoms with Crippen molar-refractivity contribution >= 4 is 35.0 Å². The minimum atomic E-state index is -0.469. The molecule has 0 aliphatic heterocycles. The fourth-order valence-corrected chi connectivity index (χ4v) is 3.51. The summed E-state index contributed by atoms with van der Waals surface area (Å²) in [5, 5.41) is 5.34. The highest BCUT2D eigenvalue weighted by Crippen LogP contribution is 2.16. The van der Waals surface area contributed by atoms with E-state index in [9.17, 15) is 9.59 Å². The van der Waals surface area contributed by atoms with Gasteiger partial charge in [-0.2, -0.15) is 0 Å². The molecule has 1 N–H and O–H groups in total. The average Bonchev–Trinajstić information content (AvgIpc) is 3.24. The number of carbonyl (C=O) groups excluding carboxylic acids is 2. The number of benzene rings is 2. The van der Waals surface area contributed by atoms with E-state index in [1.165, 1.54) is 17.4 Å². The Balaban J connectivity index is 1.44. The van der Waals surface area contributed by atoms with Gasteiger partial charge in [-0.1, -0.05) is 43.0 Å². The highest BCUT2D eigenvalue weighted by Gasteiger charge is 2.10. The Bertz CT molecular complexity index is 1100. The third-order valence-electron chi connectivity index (χ3n) is 4.35. The lowest BCUT2D eigenvalue weighted by Gasteiger charge is -2.06. The van der Waals surface area contributed by atoms with Crippen molar-refractivity contribution in [1.82, 2.24) is 4.98 Å². The van der Waals surface area contributed by atoms with Crippen molar-refractivity contribution in [2.45, 2.75) is 20.0 Å². The molecule has 2 aromatic carbocycles. The molecule has 0 radical (unpaired) electrons. The summed E-state index contributed by atoms with van der Waals surface area (Å²) in [7, 11) is 0. The third-order valence-corrected chi connectivity index (χ3v) is 5.25. The van der Waals surface area contributed by atoms with Gasteiger partial charge in [0.1, 0.15) is 24.0 Å². The number of nitrogens with zero attached hydrogens (tertiary/aromatic N) is 1. The first-order valence-corrected chi connectivity index (χ1v) is 10.9. The summed E-state index contributed by atoms with van der Waals surface area (Å²) in [4.78, 5) is 28.6. The van der Waals surface area contributed by atoms with Crippen molar-refractivity contribution in [3.8, 4) is 5.75 Å². The van der Waals surface area contributed by atoms with Crippen molar-refractivity contribution in [2.75, 3.05) is 11.9 Å². The van der Waals surface area contributed by atoms with Crippen LogP contribution in [0.1, 0.15) is 21.8 Å². The summed E-state index contributed by atoms with van der Waals surface area (Å²) in [5.41, 5.74) is 3.24. The van der Waals surface area contributed by atoms with Gasteiger partial charge in [-0.25, -0.2) is 9.78 Å². The predicted octanol–water partition coefficient (Wildman–Crippen LogP) is 4.95. The fraction of sp³-hybridized carbons (Fsp3) is 0.160. The quantitative estimate of drug-likeness (QED) is 0.270. The molecule has 0 aliphatic carbocycles. The molecule has 32 heavy (non-hydrogen) atoms. The van der Waals surface area contributed by atoms with Crippen molar-refractivity contribution in [3.05, 3.63) is 94.5 Å². The molecule has 1 aromatic heterocycles. The zero-order valence-corrected chi connectivity index (χ0v) is 18.6. The number of hydrogen-bond acceptors (Lipinski definition) is 6. The zero-order chi connectivity index (χ0) is 22.8. The van der Waals surface area contributed by atoms with Gasteiger partial charge in [0.15, 0.2) is 0 Å². The largest absolute Gasteiger partial charge is 0.490 e. The molecule has 6 nitrogen and oxygen atoms in total. The van der Waals surface area contributed by atoms with Gasteiger partial charge in [-0.05, 0) is 42.3 Å². The Hall–Kier alpha value is -3.71. The number of para-hydroxylation sites is 1. The summed E-state index contributed by atoms with van der Waals surface area (Å²) >= 11 is 1.36. The first-order chi connectivity index (χ1) is 15.5. The van der Waals surface area contributed by atoms with E-state index < -0.39 is 5.97 Å². The molecule has 0 fully saturated rings. The molecule has 1 amide bonds. The molecule has 0 saturated heterocycles. The molecular formula is C25H24N2O4S. The highest BCUT2D eigenvalue weighted by molar-refractivity contribution is 7.09. The molecule has 7 heteroatoms. The Morgan fingerprint density at radius 3 is 2.69 bits per heavy atom. The number of rotatable bonds is 10. The molecule has 3 aromatic rings. The SMILES string of the molecule is C=CCOc1ccc(/C=C/C(=O)OCc2csc(CC(=O)Nc3ccccc3C)n2)cc1. The van der Waals surface area contributed by atoms with Gasteiger partial charge < -0.3 is 14.8 Å². The van der Waals surface area contributed by atoms with Crippen molar-refractivity contribution in [1.29, 1.82) is 0 Å². The second-order valence-corrected chi connectivity index (χ2v) is 7.82. The molecule has 0 saturated carbocycles. The minimum Gasteiger partial charge on any atom is -0.490 e. The van der Waals surface area contributed by atoms with Gasteiger partial charge in [-0.15, -0.1) is 11.3 Å². The number of carbonyl (C=O) groups is 2. The minimum absolute atomic E-state index is 0.0490. The standard InChI is InChI=1S/C25H24N2O4S/c1-3-14-30-21-11-8-19(9-12-21)10-13-25(29)31-16-20-17-32-24(26-20)15-23(28)27-22-7-5-4-6-18(22)2/h3-13,17H,1,14-16H2,2H3,(H,27,28)/b13-10+. The van der Waals surface area contributed by atoms with Gasteiger partial charge in [0.2, 0.25) is 5.91 Å². The maximum atomic E-state index is 12.3. The van der Waals surface area contributed by atoms with Crippen LogP contribution in [0, 0.1) is 6.92 Å². The number of nitrogens with one attached hydrogen (secondary N) is 1. The number of esters is 1. The smallest absolute Gasteiger partial charge is 0.331 e. The van der Waals surface area contributed by atoms with Crippen LogP contribution in [0.2, 0.25) is 0 Å². The molecule has 0 spiro atoms.